The summed E-state index contributed by atoms with van der Waals surface area (Å²) in [4.78, 5) is 12.1. The van der Waals surface area contributed by atoms with E-state index in [9.17, 15) is 4.79 Å². The molecule has 1 amide bonds. The van der Waals surface area contributed by atoms with Crippen molar-refractivity contribution in [3.05, 3.63) is 71.8 Å². The Hall–Kier alpha value is -3.26. The van der Waals surface area contributed by atoms with Crippen molar-refractivity contribution in [3.63, 3.8) is 0 Å². The normalized spacial score (nSPS) is 9.83. The molecule has 24 heavy (non-hydrogen) atoms. The second-order valence-electron chi connectivity index (χ2n) is 5.37. The molecule has 0 spiro atoms. The fourth-order valence-electron chi connectivity index (χ4n) is 2.12. The lowest BCUT2D eigenvalue weighted by molar-refractivity contribution is 0.161. The number of nitrogens with zero attached hydrogens (tertiary/aromatic N) is 2. The Kier molecular flexibility index (Phi) is 5.58. The van der Waals surface area contributed by atoms with Crippen molar-refractivity contribution in [2.45, 2.75) is 6.61 Å². The standard InChI is InChI=1S/C19H18N2O3/c1-14(12-21(2)19(22)23)17-5-3-4-16(10-17)13-24-18-8-6-15(11-20)7-9-18/h3-10H,1,12-13H2,2H3,(H,22,23). The van der Waals surface area contributed by atoms with Gasteiger partial charge in [0, 0.05) is 13.6 Å². The third-order valence-corrected chi connectivity index (χ3v) is 3.48. The molecule has 0 saturated heterocycles. The van der Waals surface area contributed by atoms with Crippen LogP contribution in [0.15, 0.2) is 55.1 Å². The van der Waals surface area contributed by atoms with Gasteiger partial charge in [-0.25, -0.2) is 4.79 Å². The predicted octanol–water partition coefficient (Wildman–Crippen LogP) is 3.76. The average molecular weight is 322 g/mol. The first-order chi connectivity index (χ1) is 11.5. The highest BCUT2D eigenvalue weighted by Crippen LogP contribution is 2.18. The minimum atomic E-state index is -0.989. The van der Waals surface area contributed by atoms with E-state index in [1.165, 1.54) is 11.9 Å². The maximum atomic E-state index is 10.9. The lowest BCUT2D eigenvalue weighted by atomic mass is 10.0. The molecular weight excluding hydrogens is 304 g/mol. The summed E-state index contributed by atoms with van der Waals surface area (Å²) < 4.78 is 5.70. The van der Waals surface area contributed by atoms with E-state index in [2.05, 4.69) is 12.6 Å². The van der Waals surface area contributed by atoms with E-state index in [0.29, 0.717) is 17.9 Å². The van der Waals surface area contributed by atoms with Crippen LogP contribution in [0.2, 0.25) is 0 Å². The van der Waals surface area contributed by atoms with Crippen LogP contribution in [0.25, 0.3) is 5.57 Å². The monoisotopic (exact) mass is 322 g/mol. The third kappa shape index (κ3) is 4.62. The zero-order valence-electron chi connectivity index (χ0n) is 13.4. The Morgan fingerprint density at radius 1 is 1.29 bits per heavy atom. The number of carbonyl (C=O) groups is 1. The van der Waals surface area contributed by atoms with Crippen molar-refractivity contribution in [2.75, 3.05) is 13.6 Å². The Morgan fingerprint density at radius 2 is 2.00 bits per heavy atom. The summed E-state index contributed by atoms with van der Waals surface area (Å²) in [6, 6.07) is 16.6. The summed E-state index contributed by atoms with van der Waals surface area (Å²) in [5.41, 5.74) is 3.14. The van der Waals surface area contributed by atoms with Crippen LogP contribution in [-0.4, -0.2) is 29.7 Å². The van der Waals surface area contributed by atoms with Crippen molar-refractivity contribution in [1.82, 2.24) is 4.90 Å². The fourth-order valence-corrected chi connectivity index (χ4v) is 2.12. The van der Waals surface area contributed by atoms with E-state index in [1.807, 2.05) is 24.3 Å². The van der Waals surface area contributed by atoms with Gasteiger partial charge in [-0.15, -0.1) is 0 Å². The van der Waals surface area contributed by atoms with E-state index < -0.39 is 6.09 Å². The van der Waals surface area contributed by atoms with Crippen LogP contribution in [0.3, 0.4) is 0 Å². The number of amides is 1. The highest BCUT2D eigenvalue weighted by molar-refractivity contribution is 5.71. The van der Waals surface area contributed by atoms with E-state index in [-0.39, 0.29) is 6.54 Å². The predicted molar refractivity (Wildman–Crippen MR) is 91.6 cm³/mol. The summed E-state index contributed by atoms with van der Waals surface area (Å²) in [6.07, 6.45) is -0.989. The maximum absolute atomic E-state index is 10.9. The van der Waals surface area contributed by atoms with Crippen molar-refractivity contribution in [1.29, 1.82) is 5.26 Å². The van der Waals surface area contributed by atoms with Crippen molar-refractivity contribution < 1.29 is 14.6 Å². The van der Waals surface area contributed by atoms with E-state index >= 15 is 0 Å². The van der Waals surface area contributed by atoms with Gasteiger partial charge in [0.1, 0.15) is 12.4 Å². The number of nitriles is 1. The fraction of sp³-hybridized carbons (Fsp3) is 0.158. The van der Waals surface area contributed by atoms with E-state index in [0.717, 1.165) is 16.7 Å². The smallest absolute Gasteiger partial charge is 0.407 e. The first-order valence-corrected chi connectivity index (χ1v) is 7.33. The Bertz CT molecular complexity index is 776. The summed E-state index contributed by atoms with van der Waals surface area (Å²) >= 11 is 0. The van der Waals surface area contributed by atoms with Crippen LogP contribution in [0.5, 0.6) is 5.75 Å². The molecule has 0 aromatic heterocycles. The van der Waals surface area contributed by atoms with Gasteiger partial charge in [0.15, 0.2) is 0 Å². The molecule has 122 valence electrons. The molecule has 0 radical (unpaired) electrons. The molecular formula is C19H18N2O3. The van der Waals surface area contributed by atoms with E-state index in [4.69, 9.17) is 15.1 Å². The van der Waals surface area contributed by atoms with E-state index in [1.54, 1.807) is 24.3 Å². The number of carboxylic acid groups (broad SMARTS) is 1. The minimum absolute atomic E-state index is 0.245. The van der Waals surface area contributed by atoms with Gasteiger partial charge in [-0.05, 0) is 47.0 Å². The molecule has 0 fully saturated rings. The quantitative estimate of drug-likeness (QED) is 0.879. The second-order valence-corrected chi connectivity index (χ2v) is 5.37. The van der Waals surface area contributed by atoms with Crippen molar-refractivity contribution in [3.8, 4) is 11.8 Å². The molecule has 0 unspecified atom stereocenters. The minimum Gasteiger partial charge on any atom is -0.489 e. The van der Waals surface area contributed by atoms with Gasteiger partial charge in [-0.2, -0.15) is 5.26 Å². The van der Waals surface area contributed by atoms with Gasteiger partial charge in [-0.1, -0.05) is 24.8 Å². The molecule has 0 saturated carbocycles. The second kappa shape index (κ2) is 7.84. The zero-order valence-corrected chi connectivity index (χ0v) is 13.4. The van der Waals surface area contributed by atoms with Gasteiger partial charge in [-0.3, -0.25) is 0 Å². The molecule has 5 nitrogen and oxygen atoms in total. The number of hydrogen-bond donors (Lipinski definition) is 1. The van der Waals surface area contributed by atoms with Crippen molar-refractivity contribution in [2.24, 2.45) is 0 Å². The van der Waals surface area contributed by atoms with Gasteiger partial charge in [0.25, 0.3) is 0 Å². The molecule has 0 aliphatic heterocycles. The molecule has 1 N–H and O–H groups in total. The summed E-state index contributed by atoms with van der Waals surface area (Å²) in [5.74, 6) is 0.684. The molecule has 0 aliphatic carbocycles. The van der Waals surface area contributed by atoms with Gasteiger partial charge >= 0.3 is 6.09 Å². The summed E-state index contributed by atoms with van der Waals surface area (Å²) in [7, 11) is 1.51. The van der Waals surface area contributed by atoms with Crippen LogP contribution in [0, 0.1) is 11.3 Å². The summed E-state index contributed by atoms with van der Waals surface area (Å²) in [5, 5.41) is 17.7. The average Bonchev–Trinajstić information content (AvgIpc) is 2.60. The Morgan fingerprint density at radius 3 is 2.62 bits per heavy atom. The zero-order chi connectivity index (χ0) is 17.5. The highest BCUT2D eigenvalue weighted by atomic mass is 16.5. The highest BCUT2D eigenvalue weighted by Gasteiger charge is 2.09. The van der Waals surface area contributed by atoms with Crippen molar-refractivity contribution >= 4 is 11.7 Å². The molecule has 2 aromatic rings. The van der Waals surface area contributed by atoms with Gasteiger partial charge < -0.3 is 14.7 Å². The lowest BCUT2D eigenvalue weighted by Crippen LogP contribution is -2.26. The first-order valence-electron chi connectivity index (χ1n) is 7.33. The number of likely N-dealkylation sites (N-methyl/N-ethyl adjacent to an activating group) is 1. The molecule has 2 rings (SSSR count). The Balaban J connectivity index is 2.00. The van der Waals surface area contributed by atoms with Crippen LogP contribution in [0.4, 0.5) is 4.79 Å². The molecule has 0 bridgehead atoms. The molecule has 2 aromatic carbocycles. The molecule has 0 atom stereocenters. The molecule has 5 heteroatoms. The third-order valence-electron chi connectivity index (χ3n) is 3.48. The van der Waals surface area contributed by atoms with Crippen LogP contribution >= 0.6 is 0 Å². The van der Waals surface area contributed by atoms with Gasteiger partial charge in [0.2, 0.25) is 0 Å². The topological polar surface area (TPSA) is 73.6 Å². The molecule has 0 aliphatic rings. The SMILES string of the molecule is C=C(CN(C)C(=O)O)c1cccc(COc2ccc(C#N)cc2)c1. The van der Waals surface area contributed by atoms with Crippen LogP contribution in [0.1, 0.15) is 16.7 Å². The lowest BCUT2D eigenvalue weighted by Gasteiger charge is -2.15. The maximum Gasteiger partial charge on any atom is 0.407 e. The molecule has 0 heterocycles. The van der Waals surface area contributed by atoms with Gasteiger partial charge in [0.05, 0.1) is 11.6 Å². The number of benzene rings is 2. The number of hydrogen-bond acceptors (Lipinski definition) is 3. The first kappa shape index (κ1) is 17.1. The summed E-state index contributed by atoms with van der Waals surface area (Å²) in [6.45, 7) is 4.57. The van der Waals surface area contributed by atoms with Crippen LogP contribution in [-0.2, 0) is 6.61 Å². The Labute approximate surface area is 141 Å². The van der Waals surface area contributed by atoms with Crippen LogP contribution < -0.4 is 4.74 Å². The largest absolute Gasteiger partial charge is 0.489 e. The number of ether oxygens (including phenoxy) is 1. The number of rotatable bonds is 6.